The van der Waals surface area contributed by atoms with E-state index in [-0.39, 0.29) is 11.6 Å². The van der Waals surface area contributed by atoms with Gasteiger partial charge in [0.25, 0.3) is 0 Å². The number of phenols is 1. The zero-order chi connectivity index (χ0) is 11.7. The molecule has 1 aromatic heterocycles. The molecule has 84 valence electrons. The first-order valence-corrected chi connectivity index (χ1v) is 5.20. The van der Waals surface area contributed by atoms with Crippen molar-refractivity contribution in [3.8, 4) is 22.8 Å². The number of nitrogen functional groups attached to an aromatic ring is 1. The van der Waals surface area contributed by atoms with Crippen LogP contribution in [0.5, 0.6) is 11.5 Å². The Kier molecular flexibility index (Phi) is 2.74. The van der Waals surface area contributed by atoms with Crippen LogP contribution in [-0.4, -0.2) is 17.4 Å². The molecular formula is C10H9BrN2O3. The second-order valence-corrected chi connectivity index (χ2v) is 3.97. The number of phenolic OH excluding ortho intramolecular Hbond substituents is 1. The molecule has 0 unspecified atom stereocenters. The molecule has 3 N–H and O–H groups in total. The average Bonchev–Trinajstić information content (AvgIpc) is 2.67. The summed E-state index contributed by atoms with van der Waals surface area (Å²) < 4.78 is 10.5. The Bertz CT molecular complexity index is 525. The van der Waals surface area contributed by atoms with Crippen molar-refractivity contribution < 1.29 is 14.4 Å². The number of anilines is 1. The summed E-state index contributed by atoms with van der Waals surface area (Å²) in [5, 5.41) is 13.5. The maximum absolute atomic E-state index is 9.79. The molecule has 16 heavy (non-hydrogen) atoms. The second-order valence-electron chi connectivity index (χ2n) is 3.12. The van der Waals surface area contributed by atoms with Crippen LogP contribution in [0.4, 0.5) is 5.88 Å². The Hall–Kier alpha value is -1.69. The highest BCUT2D eigenvalue weighted by atomic mass is 79.9. The fourth-order valence-electron chi connectivity index (χ4n) is 1.32. The molecule has 0 aliphatic rings. The summed E-state index contributed by atoms with van der Waals surface area (Å²) in [4.78, 5) is 0. The highest BCUT2D eigenvalue weighted by Gasteiger charge is 2.13. The molecule has 0 saturated carbocycles. The van der Waals surface area contributed by atoms with Crippen LogP contribution in [-0.2, 0) is 0 Å². The number of methoxy groups -OCH3 is 1. The van der Waals surface area contributed by atoms with Crippen LogP contribution in [0.15, 0.2) is 27.2 Å². The maximum Gasteiger partial charge on any atom is 0.222 e. The SMILES string of the molecule is COc1cc(O)c(-c2cc(N)on2)cc1Br. The van der Waals surface area contributed by atoms with Gasteiger partial charge in [0, 0.05) is 17.7 Å². The van der Waals surface area contributed by atoms with Crippen LogP contribution < -0.4 is 10.5 Å². The van der Waals surface area contributed by atoms with Gasteiger partial charge >= 0.3 is 0 Å². The third-order valence-corrected chi connectivity index (χ3v) is 2.69. The largest absolute Gasteiger partial charge is 0.507 e. The van der Waals surface area contributed by atoms with Gasteiger partial charge in [-0.25, -0.2) is 0 Å². The first-order chi connectivity index (χ1) is 7.61. The minimum absolute atomic E-state index is 0.0494. The summed E-state index contributed by atoms with van der Waals surface area (Å²) in [6.45, 7) is 0. The first kappa shape index (κ1) is 10.8. The molecule has 0 aliphatic carbocycles. The molecule has 2 rings (SSSR count). The Morgan fingerprint density at radius 2 is 2.19 bits per heavy atom. The Balaban J connectivity index is 2.54. The van der Waals surface area contributed by atoms with E-state index in [2.05, 4.69) is 21.1 Å². The topological polar surface area (TPSA) is 81.5 Å². The fourth-order valence-corrected chi connectivity index (χ4v) is 1.83. The number of rotatable bonds is 2. The minimum Gasteiger partial charge on any atom is -0.507 e. The standard InChI is InChI=1S/C10H9BrN2O3/c1-15-9-4-8(14)5(2-6(9)11)7-3-10(12)16-13-7/h2-4,14H,12H2,1H3. The number of aromatic hydroxyl groups is 1. The molecule has 0 spiro atoms. The number of ether oxygens (including phenoxy) is 1. The van der Waals surface area contributed by atoms with Gasteiger partial charge in [-0.3, -0.25) is 0 Å². The van der Waals surface area contributed by atoms with Crippen molar-refractivity contribution in [3.63, 3.8) is 0 Å². The van der Waals surface area contributed by atoms with Gasteiger partial charge in [0.1, 0.15) is 17.2 Å². The third-order valence-electron chi connectivity index (χ3n) is 2.07. The number of benzene rings is 1. The van der Waals surface area contributed by atoms with Crippen molar-refractivity contribution in [1.29, 1.82) is 0 Å². The molecular weight excluding hydrogens is 276 g/mol. The lowest BCUT2D eigenvalue weighted by molar-refractivity contribution is 0.405. The predicted octanol–water partition coefficient (Wildman–Crippen LogP) is 2.40. The number of hydrogen-bond acceptors (Lipinski definition) is 5. The Morgan fingerprint density at radius 3 is 2.75 bits per heavy atom. The lowest BCUT2D eigenvalue weighted by Gasteiger charge is -2.06. The number of nitrogens with two attached hydrogens (primary N) is 1. The second kappa shape index (κ2) is 4.05. The highest BCUT2D eigenvalue weighted by Crippen LogP contribution is 2.37. The van der Waals surface area contributed by atoms with Gasteiger partial charge < -0.3 is 20.1 Å². The normalized spacial score (nSPS) is 10.4. The van der Waals surface area contributed by atoms with Crippen molar-refractivity contribution in [2.24, 2.45) is 0 Å². The van der Waals surface area contributed by atoms with E-state index in [9.17, 15) is 5.11 Å². The predicted molar refractivity (Wildman–Crippen MR) is 62.3 cm³/mol. The number of hydrogen-bond donors (Lipinski definition) is 2. The smallest absolute Gasteiger partial charge is 0.222 e. The zero-order valence-corrected chi connectivity index (χ0v) is 9.98. The van der Waals surface area contributed by atoms with Gasteiger partial charge in [0.05, 0.1) is 11.6 Å². The van der Waals surface area contributed by atoms with Crippen LogP contribution in [0.2, 0.25) is 0 Å². The summed E-state index contributed by atoms with van der Waals surface area (Å²) in [6, 6.07) is 4.71. The molecule has 0 bridgehead atoms. The van der Waals surface area contributed by atoms with E-state index in [1.807, 2.05) is 0 Å². The van der Waals surface area contributed by atoms with Gasteiger partial charge in [0.15, 0.2) is 0 Å². The molecule has 1 aromatic carbocycles. The summed E-state index contributed by atoms with van der Waals surface area (Å²) in [7, 11) is 1.52. The number of halogens is 1. The van der Waals surface area contributed by atoms with Crippen molar-refractivity contribution in [2.45, 2.75) is 0 Å². The van der Waals surface area contributed by atoms with E-state index >= 15 is 0 Å². The molecule has 0 amide bonds. The van der Waals surface area contributed by atoms with Gasteiger partial charge in [0.2, 0.25) is 5.88 Å². The first-order valence-electron chi connectivity index (χ1n) is 4.41. The van der Waals surface area contributed by atoms with Gasteiger partial charge in [-0.1, -0.05) is 5.16 Å². The quantitative estimate of drug-likeness (QED) is 0.885. The van der Waals surface area contributed by atoms with E-state index < -0.39 is 0 Å². The van der Waals surface area contributed by atoms with Gasteiger partial charge in [-0.05, 0) is 22.0 Å². The fraction of sp³-hybridized carbons (Fsp3) is 0.100. The van der Waals surface area contributed by atoms with E-state index in [4.69, 9.17) is 15.0 Å². The summed E-state index contributed by atoms with van der Waals surface area (Å²) in [5.41, 5.74) is 6.41. The van der Waals surface area contributed by atoms with Crippen molar-refractivity contribution in [2.75, 3.05) is 12.8 Å². The molecule has 6 heteroatoms. The zero-order valence-electron chi connectivity index (χ0n) is 8.40. The molecule has 0 atom stereocenters. The van der Waals surface area contributed by atoms with E-state index in [1.54, 1.807) is 6.07 Å². The molecule has 0 aliphatic heterocycles. The Labute approximate surface area is 99.9 Å². The maximum atomic E-state index is 9.79. The lowest BCUT2D eigenvalue weighted by atomic mass is 10.1. The Morgan fingerprint density at radius 1 is 1.44 bits per heavy atom. The van der Waals surface area contributed by atoms with Crippen molar-refractivity contribution >= 4 is 21.8 Å². The molecule has 0 radical (unpaired) electrons. The summed E-state index contributed by atoms with van der Waals surface area (Å²) >= 11 is 3.32. The molecule has 0 fully saturated rings. The third kappa shape index (κ3) is 1.83. The van der Waals surface area contributed by atoms with Crippen LogP contribution in [0.1, 0.15) is 0 Å². The molecule has 1 heterocycles. The van der Waals surface area contributed by atoms with Crippen molar-refractivity contribution in [1.82, 2.24) is 5.16 Å². The molecule has 5 nitrogen and oxygen atoms in total. The average molecular weight is 285 g/mol. The van der Waals surface area contributed by atoms with Crippen LogP contribution in [0, 0.1) is 0 Å². The highest BCUT2D eigenvalue weighted by molar-refractivity contribution is 9.10. The number of nitrogens with zero attached hydrogens (tertiary/aromatic N) is 1. The molecule has 2 aromatic rings. The lowest BCUT2D eigenvalue weighted by Crippen LogP contribution is -1.86. The monoisotopic (exact) mass is 284 g/mol. The molecule has 0 saturated heterocycles. The van der Waals surface area contributed by atoms with Gasteiger partial charge in [-0.15, -0.1) is 0 Å². The van der Waals surface area contributed by atoms with E-state index in [1.165, 1.54) is 19.2 Å². The van der Waals surface area contributed by atoms with Crippen LogP contribution in [0.3, 0.4) is 0 Å². The summed E-state index contributed by atoms with van der Waals surface area (Å²) in [6.07, 6.45) is 0. The van der Waals surface area contributed by atoms with Gasteiger partial charge in [-0.2, -0.15) is 0 Å². The number of aromatic nitrogens is 1. The minimum atomic E-state index is 0.0494. The van der Waals surface area contributed by atoms with Crippen LogP contribution >= 0.6 is 15.9 Å². The van der Waals surface area contributed by atoms with Crippen molar-refractivity contribution in [3.05, 3.63) is 22.7 Å². The van der Waals surface area contributed by atoms with Crippen LogP contribution in [0.25, 0.3) is 11.3 Å². The summed E-state index contributed by atoms with van der Waals surface area (Å²) in [5.74, 6) is 0.785. The van der Waals surface area contributed by atoms with E-state index in [0.717, 1.165) is 0 Å². The van der Waals surface area contributed by atoms with E-state index in [0.29, 0.717) is 21.5 Å².